The van der Waals surface area contributed by atoms with Gasteiger partial charge in [0.1, 0.15) is 5.69 Å². The van der Waals surface area contributed by atoms with Crippen molar-refractivity contribution in [3.63, 3.8) is 0 Å². The molecule has 1 aliphatic rings. The van der Waals surface area contributed by atoms with Crippen LogP contribution in [-0.4, -0.2) is 41.2 Å². The summed E-state index contributed by atoms with van der Waals surface area (Å²) < 4.78 is 7.70. The van der Waals surface area contributed by atoms with Crippen molar-refractivity contribution in [3.8, 4) is 0 Å². The number of amides is 1. The fraction of sp³-hybridized carbons (Fsp3) is 0.375. The third-order valence-corrected chi connectivity index (χ3v) is 5.54. The Morgan fingerprint density at radius 3 is 2.79 bits per heavy atom. The summed E-state index contributed by atoms with van der Waals surface area (Å²) >= 11 is 0. The topological polar surface area (TPSA) is 46.5 Å². The molecule has 2 heterocycles. The van der Waals surface area contributed by atoms with E-state index in [1.807, 2.05) is 24.3 Å². The first-order chi connectivity index (χ1) is 14.1. The number of para-hydroxylation sites is 1. The molecular formula is C24H29N3O2. The summed E-state index contributed by atoms with van der Waals surface area (Å²) in [5, 5.41) is 4.19. The molecule has 29 heavy (non-hydrogen) atoms. The van der Waals surface area contributed by atoms with E-state index in [2.05, 4.69) is 59.0 Å². The summed E-state index contributed by atoms with van der Waals surface area (Å²) in [5.74, 6) is -0.0320. The number of hydrogen-bond acceptors (Lipinski definition) is 3. The highest BCUT2D eigenvalue weighted by Gasteiger charge is 2.17. The molecule has 0 saturated carbocycles. The van der Waals surface area contributed by atoms with Crippen molar-refractivity contribution in [3.05, 3.63) is 71.4 Å². The second kappa shape index (κ2) is 8.80. The van der Waals surface area contributed by atoms with Gasteiger partial charge in [0.25, 0.3) is 5.91 Å². The zero-order valence-corrected chi connectivity index (χ0v) is 17.2. The van der Waals surface area contributed by atoms with Gasteiger partial charge in [0.05, 0.1) is 12.7 Å². The Balaban J connectivity index is 1.42. The van der Waals surface area contributed by atoms with E-state index in [4.69, 9.17) is 4.74 Å². The number of ether oxygens (including phenoxy) is 1. The number of fused-ring (bicyclic) bond motifs is 1. The average Bonchev–Trinajstić information content (AvgIpc) is 3.11. The van der Waals surface area contributed by atoms with E-state index in [0.717, 1.165) is 49.3 Å². The number of hydrogen-bond donors (Lipinski definition) is 1. The van der Waals surface area contributed by atoms with Crippen LogP contribution >= 0.6 is 0 Å². The normalized spacial score (nSPS) is 17.5. The third kappa shape index (κ3) is 4.52. The second-order valence-corrected chi connectivity index (χ2v) is 7.75. The fourth-order valence-electron chi connectivity index (χ4n) is 4.14. The summed E-state index contributed by atoms with van der Waals surface area (Å²) in [5.41, 5.74) is 4.21. The molecule has 1 fully saturated rings. The summed E-state index contributed by atoms with van der Waals surface area (Å²) in [6.07, 6.45) is 0.288. The highest BCUT2D eigenvalue weighted by molar-refractivity contribution is 5.98. The summed E-state index contributed by atoms with van der Waals surface area (Å²) in [4.78, 5) is 15.3. The van der Waals surface area contributed by atoms with E-state index in [1.165, 1.54) is 5.56 Å². The van der Waals surface area contributed by atoms with Gasteiger partial charge in [-0.25, -0.2) is 0 Å². The fourth-order valence-corrected chi connectivity index (χ4v) is 4.14. The van der Waals surface area contributed by atoms with Crippen molar-refractivity contribution in [2.45, 2.75) is 39.6 Å². The minimum Gasteiger partial charge on any atom is -0.376 e. The molecule has 0 spiro atoms. The van der Waals surface area contributed by atoms with Crippen LogP contribution in [0.2, 0.25) is 0 Å². The standard InChI is InChI=1S/C24H29N3O2/c1-3-27-22-10-5-4-9-21(22)14-23(27)24(28)25-15-19-7-6-8-20(13-19)17-26-11-12-29-18(2)16-26/h4-10,13-14,18H,3,11-12,15-17H2,1-2H3,(H,25,28). The van der Waals surface area contributed by atoms with E-state index in [1.54, 1.807) is 0 Å². The van der Waals surface area contributed by atoms with Crippen molar-refractivity contribution in [2.24, 2.45) is 0 Å². The van der Waals surface area contributed by atoms with Gasteiger partial charge >= 0.3 is 0 Å². The number of aryl methyl sites for hydroxylation is 1. The van der Waals surface area contributed by atoms with Crippen molar-refractivity contribution >= 4 is 16.8 Å². The molecule has 1 saturated heterocycles. The van der Waals surface area contributed by atoms with Gasteiger partial charge in [-0.05, 0) is 37.1 Å². The number of aromatic nitrogens is 1. The van der Waals surface area contributed by atoms with Crippen LogP contribution in [0.5, 0.6) is 0 Å². The van der Waals surface area contributed by atoms with Crippen LogP contribution in [0, 0.1) is 0 Å². The van der Waals surface area contributed by atoms with E-state index in [0.29, 0.717) is 12.2 Å². The van der Waals surface area contributed by atoms with Crippen LogP contribution in [0.3, 0.4) is 0 Å². The number of nitrogens with one attached hydrogen (secondary N) is 1. The largest absolute Gasteiger partial charge is 0.376 e. The summed E-state index contributed by atoms with van der Waals surface area (Å²) in [6.45, 7) is 9.12. The quantitative estimate of drug-likeness (QED) is 0.695. The van der Waals surface area contributed by atoms with E-state index < -0.39 is 0 Å². The molecule has 0 aliphatic carbocycles. The number of carbonyl (C=O) groups excluding carboxylic acids is 1. The lowest BCUT2D eigenvalue weighted by atomic mass is 10.1. The zero-order chi connectivity index (χ0) is 20.2. The molecule has 152 valence electrons. The lowest BCUT2D eigenvalue weighted by Crippen LogP contribution is -2.40. The Kier molecular flexibility index (Phi) is 5.97. The van der Waals surface area contributed by atoms with E-state index in [-0.39, 0.29) is 12.0 Å². The van der Waals surface area contributed by atoms with Crippen molar-refractivity contribution in [2.75, 3.05) is 19.7 Å². The van der Waals surface area contributed by atoms with Gasteiger partial charge in [-0.1, -0.05) is 42.5 Å². The Labute approximate surface area is 172 Å². The van der Waals surface area contributed by atoms with Crippen molar-refractivity contribution < 1.29 is 9.53 Å². The minimum absolute atomic E-state index is 0.0320. The molecule has 4 rings (SSSR count). The average molecular weight is 392 g/mol. The zero-order valence-electron chi connectivity index (χ0n) is 17.2. The monoisotopic (exact) mass is 391 g/mol. The van der Waals surface area contributed by atoms with E-state index in [9.17, 15) is 4.79 Å². The maximum Gasteiger partial charge on any atom is 0.268 e. The van der Waals surface area contributed by atoms with Gasteiger partial charge in [-0.15, -0.1) is 0 Å². The number of nitrogens with zero attached hydrogens (tertiary/aromatic N) is 2. The van der Waals surface area contributed by atoms with Crippen molar-refractivity contribution in [1.82, 2.24) is 14.8 Å². The van der Waals surface area contributed by atoms with Crippen LogP contribution in [-0.2, 0) is 24.4 Å². The summed E-state index contributed by atoms with van der Waals surface area (Å²) in [6, 6.07) is 18.6. The molecular weight excluding hydrogens is 362 g/mol. The highest BCUT2D eigenvalue weighted by Crippen LogP contribution is 2.20. The molecule has 1 N–H and O–H groups in total. The summed E-state index contributed by atoms with van der Waals surface area (Å²) in [7, 11) is 0. The number of benzene rings is 2. The molecule has 5 nitrogen and oxygen atoms in total. The molecule has 1 unspecified atom stereocenters. The molecule has 0 bridgehead atoms. The number of rotatable bonds is 6. The van der Waals surface area contributed by atoms with Gasteiger partial charge in [-0.3, -0.25) is 9.69 Å². The predicted molar refractivity (Wildman–Crippen MR) is 116 cm³/mol. The second-order valence-electron chi connectivity index (χ2n) is 7.75. The lowest BCUT2D eigenvalue weighted by molar-refractivity contribution is -0.0212. The van der Waals surface area contributed by atoms with Gasteiger partial charge in [0, 0.05) is 43.6 Å². The first-order valence-corrected chi connectivity index (χ1v) is 10.4. The van der Waals surface area contributed by atoms with Crippen LogP contribution in [0.4, 0.5) is 0 Å². The Hall–Kier alpha value is -2.63. The molecule has 3 aromatic rings. The Bertz CT molecular complexity index is 995. The van der Waals surface area contributed by atoms with Gasteiger partial charge in [0.15, 0.2) is 0 Å². The Morgan fingerprint density at radius 1 is 1.14 bits per heavy atom. The first-order valence-electron chi connectivity index (χ1n) is 10.4. The molecule has 0 radical (unpaired) electrons. The van der Waals surface area contributed by atoms with Crippen LogP contribution in [0.1, 0.15) is 35.5 Å². The third-order valence-electron chi connectivity index (χ3n) is 5.54. The van der Waals surface area contributed by atoms with Gasteiger partial charge in [-0.2, -0.15) is 0 Å². The molecule has 5 heteroatoms. The number of morpholine rings is 1. The minimum atomic E-state index is -0.0320. The maximum absolute atomic E-state index is 12.9. The Morgan fingerprint density at radius 2 is 1.97 bits per heavy atom. The van der Waals surface area contributed by atoms with Gasteiger partial charge in [0.2, 0.25) is 0 Å². The van der Waals surface area contributed by atoms with Crippen LogP contribution in [0.25, 0.3) is 10.9 Å². The molecule has 2 aromatic carbocycles. The molecule has 1 amide bonds. The van der Waals surface area contributed by atoms with Crippen molar-refractivity contribution in [1.29, 1.82) is 0 Å². The van der Waals surface area contributed by atoms with E-state index >= 15 is 0 Å². The number of carbonyl (C=O) groups is 1. The lowest BCUT2D eigenvalue weighted by Gasteiger charge is -2.31. The smallest absolute Gasteiger partial charge is 0.268 e. The SMILES string of the molecule is CCn1c(C(=O)NCc2cccc(CN3CCOC(C)C3)c2)cc2ccccc21. The van der Waals surface area contributed by atoms with Gasteiger partial charge < -0.3 is 14.6 Å². The molecule has 1 aliphatic heterocycles. The van der Waals surface area contributed by atoms with Crippen LogP contribution < -0.4 is 5.32 Å². The highest BCUT2D eigenvalue weighted by atomic mass is 16.5. The molecule has 1 atom stereocenters. The predicted octanol–water partition coefficient (Wildman–Crippen LogP) is 3.81. The molecule has 1 aromatic heterocycles. The first kappa shape index (κ1) is 19.7. The maximum atomic E-state index is 12.9. The van der Waals surface area contributed by atoms with Crippen LogP contribution in [0.15, 0.2) is 54.6 Å².